The molecule has 8 heteroatoms. The van der Waals surface area contributed by atoms with Gasteiger partial charge in [0.2, 0.25) is 10.0 Å². The fourth-order valence-corrected chi connectivity index (χ4v) is 4.82. The average Bonchev–Trinajstić information content (AvgIpc) is 2.86. The second kappa shape index (κ2) is 10.2. The first-order chi connectivity index (χ1) is 16.1. The van der Waals surface area contributed by atoms with Crippen molar-refractivity contribution in [3.05, 3.63) is 108 Å². The number of carbonyl (C=O) groups excluding carboxylic acids is 1. The van der Waals surface area contributed by atoms with E-state index in [0.29, 0.717) is 5.82 Å². The van der Waals surface area contributed by atoms with E-state index < -0.39 is 10.0 Å². The molecule has 0 saturated carbocycles. The molecule has 7 nitrogen and oxygen atoms in total. The van der Waals surface area contributed by atoms with Crippen LogP contribution in [-0.2, 0) is 34.3 Å². The number of nitrogens with zero attached hydrogens (tertiary/aromatic N) is 4. The molecule has 166 valence electrons. The molecule has 2 aromatic heterocycles. The predicted molar refractivity (Wildman–Crippen MR) is 124 cm³/mol. The molecule has 4 rings (SSSR count). The van der Waals surface area contributed by atoms with E-state index in [1.165, 1.54) is 22.8 Å². The molecule has 0 aliphatic rings. The average molecular weight is 459 g/mol. The summed E-state index contributed by atoms with van der Waals surface area (Å²) in [6, 6.07) is 19.8. The Labute approximate surface area is 192 Å². The van der Waals surface area contributed by atoms with Crippen molar-refractivity contribution in [3.63, 3.8) is 0 Å². The third-order valence-corrected chi connectivity index (χ3v) is 6.85. The molecule has 0 aliphatic heterocycles. The number of carbonyl (C=O) groups is 1. The molecule has 0 spiro atoms. The third kappa shape index (κ3) is 5.54. The van der Waals surface area contributed by atoms with E-state index in [1.54, 1.807) is 24.5 Å². The summed E-state index contributed by atoms with van der Waals surface area (Å²) in [5.41, 5.74) is 3.32. The zero-order valence-corrected chi connectivity index (χ0v) is 18.6. The number of aldehydes is 1. The molecule has 0 bridgehead atoms. The van der Waals surface area contributed by atoms with Crippen molar-refractivity contribution in [1.29, 1.82) is 0 Å². The standard InChI is InChI=1S/C25H22N4O3S/c30-15-11-20-4-1-5-22(16-20)19-29(33(31,32)24-6-2-12-26-17-24)18-21-7-9-23(10-8-21)25-27-13-3-14-28-25/h1-10,12-17H,11,18-19H2. The first-order valence-corrected chi connectivity index (χ1v) is 11.8. The summed E-state index contributed by atoms with van der Waals surface area (Å²) in [6.07, 6.45) is 7.36. The molecule has 0 fully saturated rings. The van der Waals surface area contributed by atoms with Crippen LogP contribution < -0.4 is 0 Å². The number of sulfonamides is 1. The van der Waals surface area contributed by atoms with Crippen molar-refractivity contribution in [3.8, 4) is 11.4 Å². The Morgan fingerprint density at radius 1 is 0.788 bits per heavy atom. The Bertz CT molecular complexity index is 1310. The van der Waals surface area contributed by atoms with Crippen molar-refractivity contribution in [2.75, 3.05) is 0 Å². The maximum absolute atomic E-state index is 13.4. The molecule has 0 atom stereocenters. The second-order valence-corrected chi connectivity index (χ2v) is 9.36. The molecule has 0 N–H and O–H groups in total. The van der Waals surface area contributed by atoms with Crippen molar-refractivity contribution in [2.24, 2.45) is 0 Å². The van der Waals surface area contributed by atoms with Gasteiger partial charge in [-0.1, -0.05) is 48.5 Å². The lowest BCUT2D eigenvalue weighted by Gasteiger charge is -2.23. The highest BCUT2D eigenvalue weighted by atomic mass is 32.2. The molecule has 0 unspecified atom stereocenters. The van der Waals surface area contributed by atoms with Gasteiger partial charge < -0.3 is 4.79 Å². The van der Waals surface area contributed by atoms with Crippen LogP contribution in [0.5, 0.6) is 0 Å². The minimum atomic E-state index is -3.81. The molecule has 0 saturated heterocycles. The quantitative estimate of drug-likeness (QED) is 0.355. The lowest BCUT2D eigenvalue weighted by Crippen LogP contribution is -2.30. The number of aromatic nitrogens is 3. The molecule has 2 heterocycles. The van der Waals surface area contributed by atoms with E-state index in [0.717, 1.165) is 28.5 Å². The maximum Gasteiger partial charge on any atom is 0.245 e. The number of benzene rings is 2. The molecule has 2 aromatic carbocycles. The van der Waals surface area contributed by atoms with E-state index in [9.17, 15) is 13.2 Å². The van der Waals surface area contributed by atoms with E-state index >= 15 is 0 Å². The van der Waals surface area contributed by atoms with Crippen LogP contribution in [0.1, 0.15) is 16.7 Å². The molecule has 33 heavy (non-hydrogen) atoms. The van der Waals surface area contributed by atoms with Gasteiger partial charge >= 0.3 is 0 Å². The zero-order valence-electron chi connectivity index (χ0n) is 17.8. The van der Waals surface area contributed by atoms with Crippen LogP contribution in [0.3, 0.4) is 0 Å². The monoisotopic (exact) mass is 458 g/mol. The van der Waals surface area contributed by atoms with Gasteiger partial charge in [0.15, 0.2) is 5.82 Å². The fourth-order valence-electron chi connectivity index (χ4n) is 3.44. The summed E-state index contributed by atoms with van der Waals surface area (Å²) in [5.74, 6) is 0.607. The Hall–Kier alpha value is -3.75. The highest BCUT2D eigenvalue weighted by molar-refractivity contribution is 7.89. The van der Waals surface area contributed by atoms with Gasteiger partial charge in [0.05, 0.1) is 0 Å². The van der Waals surface area contributed by atoms with Crippen LogP contribution in [0.25, 0.3) is 11.4 Å². The van der Waals surface area contributed by atoms with Crippen LogP contribution in [0.15, 0.2) is 96.4 Å². The SMILES string of the molecule is O=CCc1cccc(CN(Cc2ccc(-c3ncccn3)cc2)S(=O)(=O)c2cccnc2)c1. The molecule has 0 amide bonds. The number of rotatable bonds is 9. The van der Waals surface area contributed by atoms with Crippen LogP contribution in [-0.4, -0.2) is 34.0 Å². The van der Waals surface area contributed by atoms with Crippen LogP contribution in [0, 0.1) is 0 Å². The van der Waals surface area contributed by atoms with Gasteiger partial charge in [-0.3, -0.25) is 4.98 Å². The molecular weight excluding hydrogens is 436 g/mol. The van der Waals surface area contributed by atoms with Crippen molar-refractivity contribution >= 4 is 16.3 Å². The number of pyridine rings is 1. The van der Waals surface area contributed by atoms with Crippen molar-refractivity contribution in [1.82, 2.24) is 19.3 Å². The highest BCUT2D eigenvalue weighted by Crippen LogP contribution is 2.22. The van der Waals surface area contributed by atoms with E-state index in [2.05, 4.69) is 15.0 Å². The van der Waals surface area contributed by atoms with E-state index in [-0.39, 0.29) is 24.4 Å². The first kappa shape index (κ1) is 22.4. The Morgan fingerprint density at radius 3 is 2.21 bits per heavy atom. The molecule has 0 aliphatic carbocycles. The Morgan fingerprint density at radius 2 is 1.52 bits per heavy atom. The summed E-state index contributed by atoms with van der Waals surface area (Å²) in [6.45, 7) is 0.332. The van der Waals surface area contributed by atoms with Gasteiger partial charge in [0, 0.05) is 49.9 Å². The van der Waals surface area contributed by atoms with Crippen molar-refractivity contribution in [2.45, 2.75) is 24.4 Å². The lowest BCUT2D eigenvalue weighted by atomic mass is 10.1. The lowest BCUT2D eigenvalue weighted by molar-refractivity contribution is -0.107. The number of hydrogen-bond acceptors (Lipinski definition) is 6. The smallest absolute Gasteiger partial charge is 0.245 e. The van der Waals surface area contributed by atoms with Gasteiger partial charge in [-0.2, -0.15) is 4.31 Å². The largest absolute Gasteiger partial charge is 0.303 e. The fraction of sp³-hybridized carbons (Fsp3) is 0.120. The Balaban J connectivity index is 1.64. The zero-order chi connectivity index (χ0) is 23.1. The summed E-state index contributed by atoms with van der Waals surface area (Å²) in [7, 11) is -3.81. The maximum atomic E-state index is 13.4. The molecule has 0 radical (unpaired) electrons. The van der Waals surface area contributed by atoms with Gasteiger partial charge in [0.1, 0.15) is 11.2 Å². The summed E-state index contributed by atoms with van der Waals surface area (Å²) in [4.78, 5) is 23.5. The highest BCUT2D eigenvalue weighted by Gasteiger charge is 2.25. The molecular formula is C25H22N4O3S. The minimum Gasteiger partial charge on any atom is -0.303 e. The van der Waals surface area contributed by atoms with Crippen LogP contribution in [0.2, 0.25) is 0 Å². The van der Waals surface area contributed by atoms with E-state index in [4.69, 9.17) is 0 Å². The third-order valence-electron chi connectivity index (χ3n) is 5.08. The first-order valence-electron chi connectivity index (χ1n) is 10.3. The normalized spacial score (nSPS) is 11.4. The molecule has 4 aromatic rings. The summed E-state index contributed by atoms with van der Waals surface area (Å²) < 4.78 is 28.3. The van der Waals surface area contributed by atoms with Gasteiger partial charge in [-0.05, 0) is 34.9 Å². The van der Waals surface area contributed by atoms with Crippen LogP contribution >= 0.6 is 0 Å². The topological polar surface area (TPSA) is 93.1 Å². The summed E-state index contributed by atoms with van der Waals surface area (Å²) in [5, 5.41) is 0. The second-order valence-electron chi connectivity index (χ2n) is 7.42. The number of hydrogen-bond donors (Lipinski definition) is 0. The van der Waals surface area contributed by atoms with E-state index in [1.807, 2.05) is 48.5 Å². The predicted octanol–water partition coefficient (Wildman–Crippen LogP) is 3.67. The minimum absolute atomic E-state index is 0.128. The van der Waals surface area contributed by atoms with Gasteiger partial charge in [-0.15, -0.1) is 0 Å². The Kier molecular flexibility index (Phi) is 6.97. The van der Waals surface area contributed by atoms with Gasteiger partial charge in [-0.25, -0.2) is 18.4 Å². The van der Waals surface area contributed by atoms with Crippen molar-refractivity contribution < 1.29 is 13.2 Å². The van der Waals surface area contributed by atoms with Gasteiger partial charge in [0.25, 0.3) is 0 Å². The van der Waals surface area contributed by atoms with Crippen LogP contribution in [0.4, 0.5) is 0 Å². The summed E-state index contributed by atoms with van der Waals surface area (Å²) >= 11 is 0.